The largest absolute Gasteiger partial charge is 0.379 e. The second-order valence-corrected chi connectivity index (χ2v) is 2.40. The van der Waals surface area contributed by atoms with Gasteiger partial charge in [0, 0.05) is 6.20 Å². The number of aromatic nitrogens is 4. The third kappa shape index (κ3) is 1.10. The molecular formula is C7H8N4O. The smallest absolute Gasteiger partial charge is 0.159 e. The van der Waals surface area contributed by atoms with Gasteiger partial charge in [0.15, 0.2) is 11.9 Å². The normalized spacial score (nSPS) is 13.1. The Hall–Kier alpha value is -1.62. The van der Waals surface area contributed by atoms with Crippen molar-refractivity contribution in [3.8, 4) is 0 Å². The standard InChI is InChI=1S/C7H8N4O/c12-6(5-2-1-3-8-5)7-9-4-10-11-7/h1-4,6,8,12H,(H,9,10,11). The minimum atomic E-state index is -0.748. The molecule has 2 aromatic heterocycles. The van der Waals surface area contributed by atoms with E-state index in [1.165, 1.54) is 6.33 Å². The number of rotatable bonds is 2. The maximum atomic E-state index is 9.60. The molecular weight excluding hydrogens is 156 g/mol. The molecule has 0 saturated carbocycles. The van der Waals surface area contributed by atoms with Gasteiger partial charge >= 0.3 is 0 Å². The Balaban J connectivity index is 2.27. The number of aromatic amines is 2. The van der Waals surface area contributed by atoms with Gasteiger partial charge in [-0.15, -0.1) is 0 Å². The third-order valence-corrected chi connectivity index (χ3v) is 1.61. The molecule has 0 aliphatic rings. The summed E-state index contributed by atoms with van der Waals surface area (Å²) < 4.78 is 0. The van der Waals surface area contributed by atoms with Gasteiger partial charge in [-0.05, 0) is 12.1 Å². The van der Waals surface area contributed by atoms with Crippen molar-refractivity contribution < 1.29 is 5.11 Å². The molecule has 62 valence electrons. The predicted octanol–water partition coefficient (Wildman–Crippen LogP) is 0.215. The van der Waals surface area contributed by atoms with E-state index in [1.54, 1.807) is 12.3 Å². The summed E-state index contributed by atoms with van der Waals surface area (Å²) in [5.74, 6) is 0.442. The number of hydrogen-bond acceptors (Lipinski definition) is 3. The minimum Gasteiger partial charge on any atom is -0.379 e. The Morgan fingerprint density at radius 2 is 2.42 bits per heavy atom. The summed E-state index contributed by atoms with van der Waals surface area (Å²) in [6.07, 6.45) is 2.36. The molecule has 0 amide bonds. The molecule has 0 spiro atoms. The Morgan fingerprint density at radius 1 is 1.50 bits per heavy atom. The lowest BCUT2D eigenvalue weighted by molar-refractivity contribution is 0.206. The fourth-order valence-corrected chi connectivity index (χ4v) is 1.01. The van der Waals surface area contributed by atoms with Gasteiger partial charge in [-0.3, -0.25) is 5.10 Å². The maximum absolute atomic E-state index is 9.60. The Kier molecular flexibility index (Phi) is 1.64. The summed E-state index contributed by atoms with van der Waals surface area (Å²) in [6, 6.07) is 3.60. The third-order valence-electron chi connectivity index (χ3n) is 1.61. The Bertz CT molecular complexity index is 292. The first-order valence-electron chi connectivity index (χ1n) is 3.54. The van der Waals surface area contributed by atoms with Crippen LogP contribution in [0.5, 0.6) is 0 Å². The van der Waals surface area contributed by atoms with Crippen LogP contribution >= 0.6 is 0 Å². The first kappa shape index (κ1) is 7.05. The van der Waals surface area contributed by atoms with Crippen LogP contribution in [0.1, 0.15) is 17.6 Å². The van der Waals surface area contributed by atoms with Gasteiger partial charge in [0.1, 0.15) is 6.33 Å². The highest BCUT2D eigenvalue weighted by Gasteiger charge is 2.12. The second-order valence-electron chi connectivity index (χ2n) is 2.40. The van der Waals surface area contributed by atoms with E-state index >= 15 is 0 Å². The highest BCUT2D eigenvalue weighted by molar-refractivity contribution is 5.13. The Morgan fingerprint density at radius 3 is 3.00 bits per heavy atom. The fraction of sp³-hybridized carbons (Fsp3) is 0.143. The lowest BCUT2D eigenvalue weighted by Crippen LogP contribution is -2.01. The van der Waals surface area contributed by atoms with E-state index in [0.717, 1.165) is 0 Å². The molecule has 0 aliphatic carbocycles. The van der Waals surface area contributed by atoms with Gasteiger partial charge in [0.2, 0.25) is 0 Å². The molecule has 0 radical (unpaired) electrons. The van der Waals surface area contributed by atoms with Crippen LogP contribution in [0, 0.1) is 0 Å². The van der Waals surface area contributed by atoms with Crippen molar-refractivity contribution in [2.45, 2.75) is 6.10 Å². The average molecular weight is 164 g/mol. The summed E-state index contributed by atoms with van der Waals surface area (Å²) in [6.45, 7) is 0. The van der Waals surface area contributed by atoms with Crippen LogP contribution in [0.15, 0.2) is 24.7 Å². The van der Waals surface area contributed by atoms with Crippen molar-refractivity contribution in [3.63, 3.8) is 0 Å². The number of hydrogen-bond donors (Lipinski definition) is 3. The summed E-state index contributed by atoms with van der Waals surface area (Å²) in [7, 11) is 0. The van der Waals surface area contributed by atoms with Gasteiger partial charge in [-0.25, -0.2) is 4.98 Å². The maximum Gasteiger partial charge on any atom is 0.159 e. The number of nitrogens with zero attached hydrogens (tertiary/aromatic N) is 2. The molecule has 2 heterocycles. The molecule has 12 heavy (non-hydrogen) atoms. The zero-order chi connectivity index (χ0) is 8.39. The van der Waals surface area contributed by atoms with Crippen molar-refractivity contribution in [2.24, 2.45) is 0 Å². The molecule has 1 atom stereocenters. The van der Waals surface area contributed by atoms with Crippen molar-refractivity contribution in [1.82, 2.24) is 20.2 Å². The molecule has 5 nitrogen and oxygen atoms in total. The number of aliphatic hydroxyl groups is 1. The molecule has 0 saturated heterocycles. The van der Waals surface area contributed by atoms with Crippen molar-refractivity contribution in [1.29, 1.82) is 0 Å². The summed E-state index contributed by atoms with van der Waals surface area (Å²) in [5.41, 5.74) is 0.701. The van der Waals surface area contributed by atoms with E-state index in [-0.39, 0.29) is 0 Å². The van der Waals surface area contributed by atoms with Crippen molar-refractivity contribution >= 4 is 0 Å². The average Bonchev–Trinajstić information content (AvgIpc) is 2.77. The molecule has 0 fully saturated rings. The lowest BCUT2D eigenvalue weighted by Gasteiger charge is -2.02. The molecule has 2 rings (SSSR count). The van der Waals surface area contributed by atoms with Crippen LogP contribution in [-0.2, 0) is 0 Å². The first-order chi connectivity index (χ1) is 5.88. The van der Waals surface area contributed by atoms with Gasteiger partial charge in [-0.2, -0.15) is 5.10 Å². The van der Waals surface area contributed by atoms with Crippen LogP contribution < -0.4 is 0 Å². The van der Waals surface area contributed by atoms with E-state index in [0.29, 0.717) is 11.5 Å². The van der Waals surface area contributed by atoms with Crippen LogP contribution in [0.25, 0.3) is 0 Å². The van der Waals surface area contributed by atoms with E-state index in [4.69, 9.17) is 0 Å². The van der Waals surface area contributed by atoms with E-state index in [2.05, 4.69) is 20.2 Å². The molecule has 1 unspecified atom stereocenters. The molecule has 5 heteroatoms. The van der Waals surface area contributed by atoms with Gasteiger partial charge in [-0.1, -0.05) is 0 Å². The Labute approximate surface area is 68.5 Å². The van der Waals surface area contributed by atoms with Crippen molar-refractivity contribution in [2.75, 3.05) is 0 Å². The summed E-state index contributed by atoms with van der Waals surface area (Å²) in [5, 5.41) is 15.8. The van der Waals surface area contributed by atoms with E-state index < -0.39 is 6.10 Å². The molecule has 2 aromatic rings. The topological polar surface area (TPSA) is 77.6 Å². The molecule has 0 aromatic carbocycles. The zero-order valence-electron chi connectivity index (χ0n) is 6.23. The van der Waals surface area contributed by atoms with E-state index in [1.807, 2.05) is 6.07 Å². The fourth-order valence-electron chi connectivity index (χ4n) is 1.01. The van der Waals surface area contributed by atoms with Gasteiger partial charge in [0.05, 0.1) is 5.69 Å². The minimum absolute atomic E-state index is 0.442. The molecule has 3 N–H and O–H groups in total. The highest BCUT2D eigenvalue weighted by atomic mass is 16.3. The SMILES string of the molecule is OC(c1ccc[nH]1)c1ncn[nH]1. The van der Waals surface area contributed by atoms with Crippen LogP contribution in [0.4, 0.5) is 0 Å². The lowest BCUT2D eigenvalue weighted by atomic mass is 10.2. The van der Waals surface area contributed by atoms with Crippen LogP contribution in [-0.4, -0.2) is 25.3 Å². The summed E-state index contributed by atoms with van der Waals surface area (Å²) >= 11 is 0. The van der Waals surface area contributed by atoms with Crippen LogP contribution in [0.2, 0.25) is 0 Å². The highest BCUT2D eigenvalue weighted by Crippen LogP contribution is 2.14. The van der Waals surface area contributed by atoms with Crippen LogP contribution in [0.3, 0.4) is 0 Å². The van der Waals surface area contributed by atoms with Gasteiger partial charge in [0.25, 0.3) is 0 Å². The predicted molar refractivity (Wildman–Crippen MR) is 41.2 cm³/mol. The number of nitrogens with one attached hydrogen (secondary N) is 2. The molecule has 0 aliphatic heterocycles. The summed E-state index contributed by atoms with van der Waals surface area (Å²) in [4.78, 5) is 6.72. The first-order valence-corrected chi connectivity index (χ1v) is 3.54. The quantitative estimate of drug-likeness (QED) is 0.594. The number of H-pyrrole nitrogens is 2. The van der Waals surface area contributed by atoms with Crippen molar-refractivity contribution in [3.05, 3.63) is 36.2 Å². The second kappa shape index (κ2) is 2.78. The monoisotopic (exact) mass is 164 g/mol. The van der Waals surface area contributed by atoms with E-state index in [9.17, 15) is 5.11 Å². The number of aliphatic hydroxyl groups excluding tert-OH is 1. The molecule has 0 bridgehead atoms. The zero-order valence-corrected chi connectivity index (χ0v) is 6.23. The van der Waals surface area contributed by atoms with Gasteiger partial charge < -0.3 is 10.1 Å².